The highest BCUT2D eigenvalue weighted by Gasteiger charge is 2.13. The van der Waals surface area contributed by atoms with Crippen molar-refractivity contribution in [3.8, 4) is 0 Å². The van der Waals surface area contributed by atoms with Crippen LogP contribution in [0.4, 0.5) is 5.69 Å². The summed E-state index contributed by atoms with van der Waals surface area (Å²) in [5.74, 6) is 0. The maximum absolute atomic E-state index is 7.11. The molecule has 2 heteroatoms. The average Bonchev–Trinajstić information content (AvgIpc) is 2.02. The summed E-state index contributed by atoms with van der Waals surface area (Å²) in [6.07, 6.45) is 1.28. The third kappa shape index (κ3) is 2.08. The van der Waals surface area contributed by atoms with E-state index in [1.807, 2.05) is 18.2 Å². The van der Waals surface area contributed by atoms with Gasteiger partial charge in [-0.3, -0.25) is 0 Å². The third-order valence-electron chi connectivity index (χ3n) is 2.11. The van der Waals surface area contributed by atoms with E-state index in [1.54, 1.807) is 0 Å². The van der Waals surface area contributed by atoms with E-state index < -0.39 is 0 Å². The second kappa shape index (κ2) is 3.21. The Morgan fingerprint density at radius 1 is 1.31 bits per heavy atom. The van der Waals surface area contributed by atoms with Crippen molar-refractivity contribution in [3.63, 3.8) is 0 Å². The van der Waals surface area contributed by atoms with Crippen LogP contribution in [-0.4, -0.2) is 6.21 Å². The molecule has 0 saturated carbocycles. The molecule has 0 amide bonds. The predicted molar refractivity (Wildman–Crippen MR) is 57.4 cm³/mol. The average molecular weight is 176 g/mol. The van der Waals surface area contributed by atoms with Gasteiger partial charge in [0.15, 0.2) is 0 Å². The van der Waals surface area contributed by atoms with Crippen LogP contribution in [0.15, 0.2) is 18.2 Å². The van der Waals surface area contributed by atoms with Crippen LogP contribution >= 0.6 is 0 Å². The molecule has 0 heterocycles. The minimum Gasteiger partial charge on any atom is -0.398 e. The molecular formula is C11H16N2. The van der Waals surface area contributed by atoms with Crippen molar-refractivity contribution in [1.82, 2.24) is 0 Å². The molecule has 0 aromatic heterocycles. The number of rotatable bonds is 1. The summed E-state index contributed by atoms with van der Waals surface area (Å²) in [7, 11) is 0. The SMILES string of the molecule is CC(C)(C)c1ccc(C=N)c(N)c1. The first kappa shape index (κ1) is 9.78. The Hall–Kier alpha value is -1.31. The Labute approximate surface area is 79.3 Å². The van der Waals surface area contributed by atoms with Gasteiger partial charge in [0, 0.05) is 17.5 Å². The molecule has 70 valence electrons. The lowest BCUT2D eigenvalue weighted by atomic mass is 9.86. The second-order valence-electron chi connectivity index (χ2n) is 4.24. The van der Waals surface area contributed by atoms with Gasteiger partial charge < -0.3 is 11.1 Å². The van der Waals surface area contributed by atoms with Crippen molar-refractivity contribution in [2.75, 3.05) is 5.73 Å². The molecule has 0 atom stereocenters. The molecule has 0 unspecified atom stereocenters. The molecule has 0 aliphatic heterocycles. The van der Waals surface area contributed by atoms with E-state index in [9.17, 15) is 0 Å². The number of nitrogen functional groups attached to an aromatic ring is 1. The van der Waals surface area contributed by atoms with Gasteiger partial charge in [-0.05, 0) is 17.0 Å². The van der Waals surface area contributed by atoms with Crippen molar-refractivity contribution < 1.29 is 0 Å². The zero-order valence-corrected chi connectivity index (χ0v) is 8.39. The monoisotopic (exact) mass is 176 g/mol. The van der Waals surface area contributed by atoms with Crippen molar-refractivity contribution in [2.24, 2.45) is 0 Å². The van der Waals surface area contributed by atoms with Crippen molar-refractivity contribution in [1.29, 1.82) is 5.41 Å². The zero-order chi connectivity index (χ0) is 10.1. The zero-order valence-electron chi connectivity index (χ0n) is 8.39. The van der Waals surface area contributed by atoms with Crippen LogP contribution in [0, 0.1) is 5.41 Å². The fraction of sp³-hybridized carbons (Fsp3) is 0.364. The molecule has 1 rings (SSSR count). The number of nitrogens with two attached hydrogens (primary N) is 1. The first-order chi connectivity index (χ1) is 5.95. The summed E-state index contributed by atoms with van der Waals surface area (Å²) in [5.41, 5.74) is 8.57. The van der Waals surface area contributed by atoms with Crippen LogP contribution in [0.2, 0.25) is 0 Å². The van der Waals surface area contributed by atoms with Gasteiger partial charge in [-0.25, -0.2) is 0 Å². The molecule has 0 saturated heterocycles. The molecule has 0 spiro atoms. The highest BCUT2D eigenvalue weighted by molar-refractivity contribution is 5.85. The van der Waals surface area contributed by atoms with Gasteiger partial charge in [0.05, 0.1) is 0 Å². The second-order valence-corrected chi connectivity index (χ2v) is 4.24. The summed E-state index contributed by atoms with van der Waals surface area (Å²) in [4.78, 5) is 0. The Balaban J connectivity index is 3.17. The molecule has 0 aliphatic carbocycles. The van der Waals surface area contributed by atoms with Crippen LogP contribution < -0.4 is 5.73 Å². The molecule has 0 fully saturated rings. The summed E-state index contributed by atoms with van der Waals surface area (Å²) >= 11 is 0. The number of anilines is 1. The predicted octanol–water partition coefficient (Wildman–Crippen LogP) is 2.56. The number of hydrogen-bond acceptors (Lipinski definition) is 2. The van der Waals surface area contributed by atoms with E-state index in [4.69, 9.17) is 11.1 Å². The fourth-order valence-corrected chi connectivity index (χ4v) is 1.17. The van der Waals surface area contributed by atoms with Gasteiger partial charge in [0.25, 0.3) is 0 Å². The Morgan fingerprint density at radius 2 is 1.92 bits per heavy atom. The van der Waals surface area contributed by atoms with E-state index >= 15 is 0 Å². The summed E-state index contributed by atoms with van der Waals surface area (Å²) < 4.78 is 0. The van der Waals surface area contributed by atoms with Gasteiger partial charge in [0.1, 0.15) is 0 Å². The quantitative estimate of drug-likeness (QED) is 0.501. The van der Waals surface area contributed by atoms with Crippen molar-refractivity contribution >= 4 is 11.9 Å². The Kier molecular flexibility index (Phi) is 2.41. The highest BCUT2D eigenvalue weighted by Crippen LogP contribution is 2.24. The fourth-order valence-electron chi connectivity index (χ4n) is 1.17. The maximum atomic E-state index is 7.11. The summed E-state index contributed by atoms with van der Waals surface area (Å²) in [6, 6.07) is 5.86. The smallest absolute Gasteiger partial charge is 0.0405 e. The van der Waals surface area contributed by atoms with E-state index in [1.165, 1.54) is 11.8 Å². The Morgan fingerprint density at radius 3 is 2.31 bits per heavy atom. The molecule has 13 heavy (non-hydrogen) atoms. The van der Waals surface area contributed by atoms with Crippen LogP contribution in [0.1, 0.15) is 31.9 Å². The number of hydrogen-bond donors (Lipinski definition) is 2. The standard InChI is InChI=1S/C11H16N2/c1-11(2,3)9-5-4-8(7-12)10(13)6-9/h4-7,12H,13H2,1-3H3. The van der Waals surface area contributed by atoms with Gasteiger partial charge in [-0.1, -0.05) is 32.9 Å². The first-order valence-corrected chi connectivity index (χ1v) is 4.35. The lowest BCUT2D eigenvalue weighted by Gasteiger charge is -2.19. The van der Waals surface area contributed by atoms with E-state index in [-0.39, 0.29) is 5.41 Å². The number of benzene rings is 1. The summed E-state index contributed by atoms with van der Waals surface area (Å²) in [5, 5.41) is 7.11. The molecule has 1 aromatic rings. The minimum atomic E-state index is 0.120. The van der Waals surface area contributed by atoms with Crippen LogP contribution in [0.25, 0.3) is 0 Å². The summed E-state index contributed by atoms with van der Waals surface area (Å²) in [6.45, 7) is 6.43. The van der Waals surface area contributed by atoms with E-state index in [0.29, 0.717) is 5.69 Å². The third-order valence-corrected chi connectivity index (χ3v) is 2.11. The maximum Gasteiger partial charge on any atom is 0.0405 e. The van der Waals surface area contributed by atoms with Gasteiger partial charge in [-0.15, -0.1) is 0 Å². The van der Waals surface area contributed by atoms with Crippen molar-refractivity contribution in [3.05, 3.63) is 29.3 Å². The molecule has 3 N–H and O–H groups in total. The highest BCUT2D eigenvalue weighted by atomic mass is 14.6. The van der Waals surface area contributed by atoms with Crippen LogP contribution in [0.5, 0.6) is 0 Å². The lowest BCUT2D eigenvalue weighted by Crippen LogP contribution is -2.11. The minimum absolute atomic E-state index is 0.120. The topological polar surface area (TPSA) is 49.9 Å². The van der Waals surface area contributed by atoms with Gasteiger partial charge >= 0.3 is 0 Å². The van der Waals surface area contributed by atoms with E-state index in [2.05, 4.69) is 20.8 Å². The first-order valence-electron chi connectivity index (χ1n) is 4.35. The molecule has 0 aliphatic rings. The lowest BCUT2D eigenvalue weighted by molar-refractivity contribution is 0.590. The molecule has 2 nitrogen and oxygen atoms in total. The number of nitrogens with one attached hydrogen (secondary N) is 1. The van der Waals surface area contributed by atoms with Crippen molar-refractivity contribution in [2.45, 2.75) is 26.2 Å². The normalized spacial score (nSPS) is 11.3. The molecular weight excluding hydrogens is 160 g/mol. The Bertz CT molecular complexity index is 321. The molecule has 1 aromatic carbocycles. The largest absolute Gasteiger partial charge is 0.398 e. The van der Waals surface area contributed by atoms with Gasteiger partial charge in [0.2, 0.25) is 0 Å². The van der Waals surface area contributed by atoms with Crippen LogP contribution in [-0.2, 0) is 5.41 Å². The van der Waals surface area contributed by atoms with Crippen LogP contribution in [0.3, 0.4) is 0 Å². The van der Waals surface area contributed by atoms with Gasteiger partial charge in [-0.2, -0.15) is 0 Å². The molecule has 0 radical (unpaired) electrons. The van der Waals surface area contributed by atoms with E-state index in [0.717, 1.165) is 5.56 Å². The molecule has 0 bridgehead atoms.